The van der Waals surface area contributed by atoms with Gasteiger partial charge in [-0.05, 0) is 23.3 Å². The Labute approximate surface area is 162 Å². The summed E-state index contributed by atoms with van der Waals surface area (Å²) in [4.78, 5) is 24.4. The lowest BCUT2D eigenvalue weighted by Crippen LogP contribution is -2.21. The monoisotopic (exact) mass is 381 g/mol. The number of H-pyrrole nitrogens is 2. The van der Waals surface area contributed by atoms with Gasteiger partial charge in [-0.1, -0.05) is 36.4 Å². The topological polar surface area (TPSA) is 110 Å². The van der Waals surface area contributed by atoms with E-state index >= 15 is 0 Å². The molecule has 0 radical (unpaired) electrons. The third-order valence-electron chi connectivity index (χ3n) is 4.68. The van der Waals surface area contributed by atoms with Crippen molar-refractivity contribution in [3.05, 3.63) is 81.3 Å². The molecule has 7 nitrogen and oxygen atoms in total. The van der Waals surface area contributed by atoms with Crippen LogP contribution in [0.4, 0.5) is 0 Å². The molecule has 1 amide bonds. The normalized spacial score (nSPS) is 11.8. The number of carbonyl (C=O) groups excluding carboxylic acids is 1. The first-order chi connectivity index (χ1) is 13.5. The third kappa shape index (κ3) is 4.09. The first-order valence-electron chi connectivity index (χ1n) is 8.87. The lowest BCUT2D eigenvalue weighted by Gasteiger charge is -2.18. The predicted molar refractivity (Wildman–Crippen MR) is 106 cm³/mol. The van der Waals surface area contributed by atoms with Gasteiger partial charge in [-0.3, -0.25) is 14.7 Å². The van der Waals surface area contributed by atoms with Crippen molar-refractivity contribution in [1.82, 2.24) is 10.2 Å². The fourth-order valence-corrected chi connectivity index (χ4v) is 3.37. The van der Waals surface area contributed by atoms with E-state index in [1.807, 2.05) is 36.4 Å². The van der Waals surface area contributed by atoms with E-state index in [9.17, 15) is 9.59 Å². The van der Waals surface area contributed by atoms with Gasteiger partial charge in [-0.15, -0.1) is 0 Å². The molecule has 4 N–H and O–H groups in total. The molecule has 0 aliphatic carbocycles. The van der Waals surface area contributed by atoms with Crippen molar-refractivity contribution in [2.45, 2.75) is 18.8 Å². The molecule has 3 aromatic rings. The van der Waals surface area contributed by atoms with E-state index in [-0.39, 0.29) is 12.0 Å². The first-order valence-corrected chi connectivity index (χ1v) is 8.87. The van der Waals surface area contributed by atoms with Crippen LogP contribution in [-0.4, -0.2) is 30.3 Å². The van der Waals surface area contributed by atoms with Crippen molar-refractivity contribution in [2.75, 3.05) is 14.2 Å². The molecule has 0 fully saturated rings. The second-order valence-corrected chi connectivity index (χ2v) is 6.47. The number of aromatic nitrogens is 2. The zero-order valence-corrected chi connectivity index (χ0v) is 15.8. The van der Waals surface area contributed by atoms with Gasteiger partial charge in [0.2, 0.25) is 5.91 Å². The van der Waals surface area contributed by atoms with E-state index < -0.39 is 11.8 Å². The highest BCUT2D eigenvalue weighted by molar-refractivity contribution is 5.75. The molecule has 0 spiro atoms. The maximum Gasteiger partial charge on any atom is 0.267 e. The highest BCUT2D eigenvalue weighted by atomic mass is 16.5. The van der Waals surface area contributed by atoms with Gasteiger partial charge in [0.25, 0.3) is 5.56 Å². The molecule has 28 heavy (non-hydrogen) atoms. The van der Waals surface area contributed by atoms with Crippen molar-refractivity contribution < 1.29 is 14.3 Å². The highest BCUT2D eigenvalue weighted by Crippen LogP contribution is 2.35. The number of aromatic amines is 2. The second-order valence-electron chi connectivity index (χ2n) is 6.47. The average Bonchev–Trinajstić information content (AvgIpc) is 3.06. The van der Waals surface area contributed by atoms with Gasteiger partial charge in [0.1, 0.15) is 0 Å². The fraction of sp³-hybridized carbons (Fsp3) is 0.238. The number of ether oxygens (including phenoxy) is 2. The minimum Gasteiger partial charge on any atom is -0.493 e. The SMILES string of the molecule is COc1ccc(C(CC(N)=O)c2c(Cc3ccccc3)[nH][nH]c2=O)cc1OC. The summed E-state index contributed by atoms with van der Waals surface area (Å²) in [5.74, 6) is 0.0830. The smallest absolute Gasteiger partial charge is 0.267 e. The van der Waals surface area contributed by atoms with E-state index in [2.05, 4.69) is 10.2 Å². The Morgan fingerprint density at radius 1 is 1.04 bits per heavy atom. The van der Waals surface area contributed by atoms with E-state index in [1.54, 1.807) is 19.2 Å². The summed E-state index contributed by atoms with van der Waals surface area (Å²) in [6.45, 7) is 0. The molecule has 1 aromatic heterocycles. The van der Waals surface area contributed by atoms with Crippen LogP contribution in [0.3, 0.4) is 0 Å². The Balaban J connectivity index is 2.07. The Kier molecular flexibility index (Phi) is 5.84. The Hall–Kier alpha value is -3.48. The molecule has 0 aliphatic heterocycles. The molecular formula is C21H23N3O4. The van der Waals surface area contributed by atoms with E-state index in [4.69, 9.17) is 15.2 Å². The van der Waals surface area contributed by atoms with E-state index in [0.717, 1.165) is 16.8 Å². The first kappa shape index (κ1) is 19.3. The summed E-state index contributed by atoms with van der Waals surface area (Å²) < 4.78 is 10.6. The molecule has 0 aliphatic rings. The van der Waals surface area contributed by atoms with Gasteiger partial charge in [-0.2, -0.15) is 0 Å². The van der Waals surface area contributed by atoms with Gasteiger partial charge in [0.15, 0.2) is 11.5 Å². The van der Waals surface area contributed by atoms with Gasteiger partial charge in [-0.25, -0.2) is 0 Å². The third-order valence-corrected chi connectivity index (χ3v) is 4.68. The number of benzene rings is 2. The zero-order valence-electron chi connectivity index (χ0n) is 15.8. The quantitative estimate of drug-likeness (QED) is 0.556. The minimum absolute atomic E-state index is 0.00178. The molecule has 146 valence electrons. The number of hydrogen-bond acceptors (Lipinski definition) is 4. The lowest BCUT2D eigenvalue weighted by atomic mass is 9.87. The number of nitrogens with two attached hydrogens (primary N) is 1. The maximum absolute atomic E-state index is 12.6. The molecule has 1 atom stereocenters. The number of rotatable bonds is 8. The summed E-state index contributed by atoms with van der Waals surface area (Å²) >= 11 is 0. The Bertz CT molecular complexity index is 1010. The van der Waals surface area contributed by atoms with Crippen LogP contribution in [0.2, 0.25) is 0 Å². The summed E-state index contributed by atoms with van der Waals surface area (Å²) in [5.41, 5.74) is 8.23. The maximum atomic E-state index is 12.6. The van der Waals surface area contributed by atoms with Crippen molar-refractivity contribution in [3.63, 3.8) is 0 Å². The fourth-order valence-electron chi connectivity index (χ4n) is 3.37. The highest BCUT2D eigenvalue weighted by Gasteiger charge is 2.25. The number of carbonyl (C=O) groups is 1. The number of primary amides is 1. The molecule has 2 aromatic carbocycles. The minimum atomic E-state index is -0.508. The molecule has 1 heterocycles. The standard InChI is InChI=1S/C21H23N3O4/c1-27-17-9-8-14(11-18(17)28-2)15(12-19(22)25)20-16(23-24-21(20)26)10-13-6-4-3-5-7-13/h3-9,11,15H,10,12H2,1-2H3,(H2,22,25)(H2,23,24,26). The molecule has 1 unspecified atom stereocenters. The number of amides is 1. The molecule has 0 saturated carbocycles. The Morgan fingerprint density at radius 3 is 2.39 bits per heavy atom. The van der Waals surface area contributed by atoms with Crippen LogP contribution >= 0.6 is 0 Å². The zero-order chi connectivity index (χ0) is 20.1. The molecule has 0 saturated heterocycles. The molecule has 7 heteroatoms. The summed E-state index contributed by atoms with van der Waals surface area (Å²) in [7, 11) is 3.09. The van der Waals surface area contributed by atoms with Crippen molar-refractivity contribution >= 4 is 5.91 Å². The predicted octanol–water partition coefficient (Wildman–Crippen LogP) is 2.32. The van der Waals surface area contributed by atoms with Crippen LogP contribution < -0.4 is 20.8 Å². The molecule has 0 bridgehead atoms. The van der Waals surface area contributed by atoms with Crippen LogP contribution in [0.5, 0.6) is 11.5 Å². The summed E-state index contributed by atoms with van der Waals surface area (Å²) in [5, 5.41) is 5.60. The summed E-state index contributed by atoms with van der Waals surface area (Å²) in [6.07, 6.45) is 0.523. The van der Waals surface area contributed by atoms with Crippen molar-refractivity contribution in [2.24, 2.45) is 5.73 Å². The Morgan fingerprint density at radius 2 is 1.75 bits per heavy atom. The second kappa shape index (κ2) is 8.47. The average molecular weight is 381 g/mol. The van der Waals surface area contributed by atoms with E-state index in [0.29, 0.717) is 23.5 Å². The largest absolute Gasteiger partial charge is 0.493 e. The van der Waals surface area contributed by atoms with Crippen LogP contribution in [-0.2, 0) is 11.2 Å². The van der Waals surface area contributed by atoms with Crippen LogP contribution in [0, 0.1) is 0 Å². The van der Waals surface area contributed by atoms with Crippen molar-refractivity contribution in [3.8, 4) is 11.5 Å². The number of nitrogens with one attached hydrogen (secondary N) is 2. The van der Waals surface area contributed by atoms with Crippen LogP contribution in [0.15, 0.2) is 53.3 Å². The van der Waals surface area contributed by atoms with E-state index in [1.165, 1.54) is 7.11 Å². The molecule has 3 rings (SSSR count). The van der Waals surface area contributed by atoms with Gasteiger partial charge in [0.05, 0.1) is 14.2 Å². The van der Waals surface area contributed by atoms with Crippen LogP contribution in [0.25, 0.3) is 0 Å². The van der Waals surface area contributed by atoms with Crippen LogP contribution in [0.1, 0.15) is 34.7 Å². The van der Waals surface area contributed by atoms with Gasteiger partial charge < -0.3 is 20.3 Å². The van der Waals surface area contributed by atoms with Gasteiger partial charge in [0, 0.05) is 30.0 Å². The lowest BCUT2D eigenvalue weighted by molar-refractivity contribution is -0.118. The molecular weight excluding hydrogens is 358 g/mol. The number of hydrogen-bond donors (Lipinski definition) is 3. The van der Waals surface area contributed by atoms with Crippen molar-refractivity contribution in [1.29, 1.82) is 0 Å². The number of methoxy groups -OCH3 is 2. The van der Waals surface area contributed by atoms with Gasteiger partial charge >= 0.3 is 0 Å². The summed E-state index contributed by atoms with van der Waals surface area (Å²) in [6, 6.07) is 15.1.